The van der Waals surface area contributed by atoms with Gasteiger partial charge in [0.15, 0.2) is 0 Å². The van der Waals surface area contributed by atoms with Crippen LogP contribution in [-0.4, -0.2) is 73.4 Å². The summed E-state index contributed by atoms with van der Waals surface area (Å²) in [7, 11) is 1.60. The van der Waals surface area contributed by atoms with Gasteiger partial charge in [-0.15, -0.1) is 0 Å². The highest BCUT2D eigenvalue weighted by atomic mass is 31.2. The summed E-state index contributed by atoms with van der Waals surface area (Å²) in [4.78, 5) is 23.4. The molecule has 0 spiro atoms. The number of nitrogens with one attached hydrogen (secondary N) is 1. The van der Waals surface area contributed by atoms with Crippen LogP contribution in [0.15, 0.2) is 12.2 Å². The van der Waals surface area contributed by atoms with Gasteiger partial charge in [-0.3, -0.25) is 13.8 Å². The molecular formula is C70H142N2O6P+. The van der Waals surface area contributed by atoms with Gasteiger partial charge in [0.05, 0.1) is 39.9 Å². The molecule has 0 heterocycles. The van der Waals surface area contributed by atoms with Gasteiger partial charge in [0.1, 0.15) is 13.2 Å². The fraction of sp³-hybridized carbons (Fsp3) is 0.957. The van der Waals surface area contributed by atoms with Gasteiger partial charge in [-0.2, -0.15) is 0 Å². The molecule has 3 unspecified atom stereocenters. The number of amides is 1. The van der Waals surface area contributed by atoms with Crippen molar-refractivity contribution >= 4 is 13.7 Å². The highest BCUT2D eigenvalue weighted by Crippen LogP contribution is 2.43. The lowest BCUT2D eigenvalue weighted by Gasteiger charge is -2.25. The number of aliphatic hydroxyl groups excluding tert-OH is 1. The molecule has 1 amide bonds. The van der Waals surface area contributed by atoms with Gasteiger partial charge in [0, 0.05) is 6.42 Å². The van der Waals surface area contributed by atoms with Crippen molar-refractivity contribution in [2.45, 2.75) is 392 Å². The summed E-state index contributed by atoms with van der Waals surface area (Å²) in [5.41, 5.74) is 0. The summed E-state index contributed by atoms with van der Waals surface area (Å²) in [5, 5.41) is 14.0. The van der Waals surface area contributed by atoms with Crippen molar-refractivity contribution < 1.29 is 32.9 Å². The molecule has 0 aromatic rings. The zero-order valence-electron chi connectivity index (χ0n) is 54.2. The van der Waals surface area contributed by atoms with Gasteiger partial charge < -0.3 is 19.8 Å². The van der Waals surface area contributed by atoms with E-state index in [4.69, 9.17) is 9.05 Å². The molecule has 0 radical (unpaired) electrons. The summed E-state index contributed by atoms with van der Waals surface area (Å²) >= 11 is 0. The monoisotopic (exact) mass is 1140 g/mol. The number of rotatable bonds is 67. The molecule has 79 heavy (non-hydrogen) atoms. The average Bonchev–Trinajstić information content (AvgIpc) is 3.42. The number of hydrogen-bond donors (Lipinski definition) is 3. The van der Waals surface area contributed by atoms with E-state index in [1.54, 1.807) is 6.08 Å². The average molecular weight is 1140 g/mol. The van der Waals surface area contributed by atoms with Crippen LogP contribution in [0.25, 0.3) is 0 Å². The van der Waals surface area contributed by atoms with E-state index in [2.05, 4.69) is 19.2 Å². The predicted molar refractivity (Wildman–Crippen MR) is 346 cm³/mol. The molecule has 0 aliphatic rings. The number of phosphoric acid groups is 1. The van der Waals surface area contributed by atoms with E-state index in [1.807, 2.05) is 27.2 Å². The number of likely N-dealkylation sites (N-methyl/N-ethyl adjacent to an activating group) is 1. The lowest BCUT2D eigenvalue weighted by atomic mass is 10.0. The largest absolute Gasteiger partial charge is 0.472 e. The summed E-state index contributed by atoms with van der Waals surface area (Å²) in [6, 6.07) is -0.844. The Kier molecular flexibility index (Phi) is 61.2. The summed E-state index contributed by atoms with van der Waals surface area (Å²) in [5.74, 6) is -0.167. The predicted octanol–water partition coefficient (Wildman–Crippen LogP) is 22.5. The Morgan fingerprint density at radius 2 is 0.671 bits per heavy atom. The van der Waals surface area contributed by atoms with Gasteiger partial charge in [0.25, 0.3) is 0 Å². The minimum Gasteiger partial charge on any atom is -0.387 e. The van der Waals surface area contributed by atoms with Gasteiger partial charge in [-0.25, -0.2) is 4.57 Å². The van der Waals surface area contributed by atoms with Crippen molar-refractivity contribution in [3.63, 3.8) is 0 Å². The number of carbonyl (C=O) groups is 1. The van der Waals surface area contributed by atoms with Crippen LogP contribution < -0.4 is 5.32 Å². The topological polar surface area (TPSA) is 105 Å². The maximum absolute atomic E-state index is 13.1. The Bertz CT molecular complexity index is 1290. The maximum atomic E-state index is 13.1. The Morgan fingerprint density at radius 3 is 0.937 bits per heavy atom. The number of unbranched alkanes of at least 4 members (excludes halogenated alkanes) is 54. The van der Waals surface area contributed by atoms with Crippen molar-refractivity contribution in [2.75, 3.05) is 40.9 Å². The summed E-state index contributed by atoms with van der Waals surface area (Å²) in [6.45, 7) is 4.89. The highest BCUT2D eigenvalue weighted by molar-refractivity contribution is 7.47. The number of allylic oxidation sites excluding steroid dienone is 1. The van der Waals surface area contributed by atoms with E-state index >= 15 is 0 Å². The van der Waals surface area contributed by atoms with Crippen molar-refractivity contribution in [3.8, 4) is 0 Å². The number of hydrogen-bond acceptors (Lipinski definition) is 5. The van der Waals surface area contributed by atoms with Crippen molar-refractivity contribution in [1.29, 1.82) is 0 Å². The fourth-order valence-electron chi connectivity index (χ4n) is 11.2. The van der Waals surface area contributed by atoms with E-state index in [9.17, 15) is 19.4 Å². The molecule has 3 atom stereocenters. The Hall–Kier alpha value is -0.760. The van der Waals surface area contributed by atoms with E-state index in [-0.39, 0.29) is 19.1 Å². The minimum absolute atomic E-state index is 0.0655. The number of carbonyl (C=O) groups excluding carboxylic acids is 1. The third-order valence-electron chi connectivity index (χ3n) is 16.8. The molecule has 0 aromatic heterocycles. The highest BCUT2D eigenvalue weighted by Gasteiger charge is 2.28. The normalized spacial score (nSPS) is 13.7. The Morgan fingerprint density at radius 1 is 0.418 bits per heavy atom. The first kappa shape index (κ1) is 78.2. The zero-order chi connectivity index (χ0) is 57.7. The molecule has 0 saturated heterocycles. The first-order valence-corrected chi connectivity index (χ1v) is 37.1. The van der Waals surface area contributed by atoms with Crippen LogP contribution in [-0.2, 0) is 18.4 Å². The van der Waals surface area contributed by atoms with Crippen molar-refractivity contribution in [2.24, 2.45) is 0 Å². The first-order chi connectivity index (χ1) is 38.5. The standard InChI is InChI=1S/C70H141N2O6P/c1-6-8-10-12-14-16-18-20-22-24-26-28-30-32-33-34-35-36-37-38-40-42-44-46-48-50-52-54-56-58-60-62-64-70(74)71-68(67-78-79(75,76)77-66-65-72(3,4)5)69(73)63-61-59-57-55-53-51-49-47-45-43-41-39-31-29-27-25-23-21-19-17-15-13-11-9-7-2/h61,63,68-69,73H,6-60,62,64-67H2,1-5H3,(H-,71,74,75,76)/p+1/b63-61+. The van der Waals surface area contributed by atoms with E-state index in [1.165, 1.54) is 327 Å². The Balaban J connectivity index is 4.00. The molecule has 0 aliphatic carbocycles. The molecule has 0 saturated carbocycles. The van der Waals surface area contributed by atoms with Crippen molar-refractivity contribution in [1.82, 2.24) is 5.32 Å². The lowest BCUT2D eigenvalue weighted by molar-refractivity contribution is -0.870. The second-order valence-electron chi connectivity index (χ2n) is 26.0. The second-order valence-corrected chi connectivity index (χ2v) is 27.4. The molecule has 9 heteroatoms. The SMILES string of the molecule is CCCCCCCCCCCCCCCCCCCCCCCCC/C=C/C(O)C(COP(=O)(O)OCC[N+](C)(C)C)NC(=O)CCCCCCCCCCCCCCCCCCCCCCCCCCCCCCCCCC. The van der Waals surface area contributed by atoms with Crippen molar-refractivity contribution in [3.05, 3.63) is 12.2 Å². The maximum Gasteiger partial charge on any atom is 0.472 e. The van der Waals surface area contributed by atoms with Crippen LogP contribution >= 0.6 is 7.82 Å². The molecule has 0 fully saturated rings. The van der Waals surface area contributed by atoms with E-state index in [0.29, 0.717) is 17.4 Å². The molecule has 0 bridgehead atoms. The zero-order valence-corrected chi connectivity index (χ0v) is 55.1. The van der Waals surface area contributed by atoms with Gasteiger partial charge in [-0.1, -0.05) is 366 Å². The van der Waals surface area contributed by atoms with Crippen LogP contribution in [0.4, 0.5) is 0 Å². The van der Waals surface area contributed by atoms with Crippen LogP contribution in [0.3, 0.4) is 0 Å². The Labute approximate surface area is 494 Å². The molecule has 0 rings (SSSR count). The smallest absolute Gasteiger partial charge is 0.387 e. The van der Waals surface area contributed by atoms with Crippen LogP contribution in [0.2, 0.25) is 0 Å². The number of quaternary nitrogens is 1. The second kappa shape index (κ2) is 61.8. The molecule has 3 N–H and O–H groups in total. The molecule has 472 valence electrons. The van der Waals surface area contributed by atoms with Gasteiger partial charge >= 0.3 is 7.82 Å². The van der Waals surface area contributed by atoms with Crippen LogP contribution in [0.5, 0.6) is 0 Å². The van der Waals surface area contributed by atoms with E-state index < -0.39 is 20.0 Å². The summed E-state index contributed by atoms with van der Waals surface area (Å²) < 4.78 is 23.8. The molecular weight excluding hydrogens is 996 g/mol. The van der Waals surface area contributed by atoms with Crippen LogP contribution in [0.1, 0.15) is 380 Å². The molecule has 0 aliphatic heterocycles. The van der Waals surface area contributed by atoms with Gasteiger partial charge in [0.2, 0.25) is 5.91 Å². The third kappa shape index (κ3) is 64.7. The third-order valence-corrected chi connectivity index (χ3v) is 17.7. The molecule has 0 aromatic carbocycles. The molecule has 8 nitrogen and oxygen atoms in total. The minimum atomic E-state index is -4.35. The number of phosphoric ester groups is 1. The fourth-order valence-corrected chi connectivity index (χ4v) is 12.0. The van der Waals surface area contributed by atoms with E-state index in [0.717, 1.165) is 32.1 Å². The number of nitrogens with zero attached hydrogens (tertiary/aromatic N) is 1. The van der Waals surface area contributed by atoms with Gasteiger partial charge in [-0.05, 0) is 19.3 Å². The van der Waals surface area contributed by atoms with Crippen LogP contribution in [0, 0.1) is 0 Å². The number of aliphatic hydroxyl groups is 1. The first-order valence-electron chi connectivity index (χ1n) is 35.6. The lowest BCUT2D eigenvalue weighted by Crippen LogP contribution is -2.45. The summed E-state index contributed by atoms with van der Waals surface area (Å²) in [6.07, 6.45) is 79.4. The quantitative estimate of drug-likeness (QED) is 0.0243.